The molecule has 2 aliphatic heterocycles. The fourth-order valence-corrected chi connectivity index (χ4v) is 5.32. The molecule has 3 rings (SSSR count). The van der Waals surface area contributed by atoms with E-state index in [1.165, 1.54) is 7.11 Å². The van der Waals surface area contributed by atoms with Crippen LogP contribution in [0, 0.1) is 11.8 Å². The van der Waals surface area contributed by atoms with Crippen molar-refractivity contribution in [3.8, 4) is 0 Å². The average Bonchev–Trinajstić information content (AvgIpc) is 3.07. The number of benzene rings is 1. The second kappa shape index (κ2) is 20.4. The molecular weight excluding hydrogens is 626 g/mol. The molecule has 0 bridgehead atoms. The van der Waals surface area contributed by atoms with Crippen molar-refractivity contribution in [3.63, 3.8) is 0 Å². The number of nitrogens with one attached hydrogen (secondary N) is 3. The first-order valence-electron chi connectivity index (χ1n) is 16.6. The maximum atomic E-state index is 13.7. The van der Waals surface area contributed by atoms with Crippen LogP contribution in [0.2, 0.25) is 0 Å². The van der Waals surface area contributed by atoms with E-state index >= 15 is 0 Å². The number of para-hydroxylation sites is 1. The number of unbranched alkanes of at least 4 members (excludes halogenated alkanes) is 2. The lowest BCUT2D eigenvalue weighted by Crippen LogP contribution is -2.63. The van der Waals surface area contributed by atoms with Gasteiger partial charge in [0.05, 0.1) is 18.4 Å². The predicted octanol–water partition coefficient (Wildman–Crippen LogP) is 2.99. The van der Waals surface area contributed by atoms with Gasteiger partial charge >= 0.3 is 18.0 Å². The number of aliphatic hydroxyl groups excluding tert-OH is 1. The minimum atomic E-state index is -1.52. The van der Waals surface area contributed by atoms with Crippen molar-refractivity contribution in [1.29, 1.82) is 0 Å². The Morgan fingerprint density at radius 3 is 1.90 bits per heavy atom. The standard InChI is InChI=1S/C34H49N3O11/c1-4-6-17-35-26(39)19-22-13-11-12-14-23(20-27(40)36-18-7-5-2)32(42)47-30-29(46-31(22)41)28(25(21-38)45-33(30)44-3)48-34(43)37-24-15-9-8-10-16-24/h8-12,15-16,22-23,25,28-30,33,38H,4-7,13-14,17-21H2,1-3H3,(H,35,39)(H,36,40)(H,37,43)/t22-,23-,25+,28-,29-,30+,33-/m0/s1. The first-order chi connectivity index (χ1) is 23.2. The van der Waals surface area contributed by atoms with Gasteiger partial charge in [-0.15, -0.1) is 0 Å². The zero-order chi connectivity index (χ0) is 34.9. The van der Waals surface area contributed by atoms with E-state index in [2.05, 4.69) is 16.0 Å². The summed E-state index contributed by atoms with van der Waals surface area (Å²) in [7, 11) is 1.27. The predicted molar refractivity (Wildman–Crippen MR) is 173 cm³/mol. The van der Waals surface area contributed by atoms with Crippen molar-refractivity contribution in [2.75, 3.05) is 32.1 Å². The minimum absolute atomic E-state index is 0.0928. The Morgan fingerprint density at radius 1 is 0.854 bits per heavy atom. The zero-order valence-corrected chi connectivity index (χ0v) is 27.9. The van der Waals surface area contributed by atoms with Crippen LogP contribution < -0.4 is 16.0 Å². The SMILES string of the molecule is CCCCNC(=O)C[C@@H]1CC=CC[C@@H](CC(=O)NCCCC)C(=O)O[C@H]2[C@@H](OC)O[C@H](CO)[C@H](OC(=O)Nc3ccccc3)[C@@H]2OC1=O. The topological polar surface area (TPSA) is 188 Å². The number of ether oxygens (including phenoxy) is 5. The van der Waals surface area contributed by atoms with Crippen LogP contribution in [0.5, 0.6) is 0 Å². The fourth-order valence-electron chi connectivity index (χ4n) is 5.32. The van der Waals surface area contributed by atoms with Gasteiger partial charge in [0.15, 0.2) is 24.6 Å². The average molecular weight is 676 g/mol. The number of amides is 3. The lowest BCUT2D eigenvalue weighted by molar-refractivity contribution is -0.300. The van der Waals surface area contributed by atoms with E-state index in [1.807, 2.05) is 13.8 Å². The first kappa shape index (κ1) is 38.4. The molecule has 7 atom stereocenters. The van der Waals surface area contributed by atoms with Gasteiger partial charge in [0.2, 0.25) is 11.8 Å². The molecule has 0 unspecified atom stereocenters. The Kier molecular flexibility index (Phi) is 16.3. The van der Waals surface area contributed by atoms with Crippen molar-refractivity contribution in [1.82, 2.24) is 10.6 Å². The van der Waals surface area contributed by atoms with Crippen molar-refractivity contribution >= 4 is 35.5 Å². The molecule has 14 nitrogen and oxygen atoms in total. The summed E-state index contributed by atoms with van der Waals surface area (Å²) in [5, 5.41) is 18.4. The Balaban J connectivity index is 1.97. The van der Waals surface area contributed by atoms with Gasteiger partial charge in [-0.25, -0.2) is 4.79 Å². The molecule has 3 amide bonds. The summed E-state index contributed by atoms with van der Waals surface area (Å²) >= 11 is 0. The number of esters is 2. The molecule has 266 valence electrons. The molecule has 4 N–H and O–H groups in total. The van der Waals surface area contributed by atoms with E-state index in [0.717, 1.165) is 25.7 Å². The van der Waals surface area contributed by atoms with Gasteiger partial charge < -0.3 is 39.4 Å². The smallest absolute Gasteiger partial charge is 0.412 e. The summed E-state index contributed by atoms with van der Waals surface area (Å²) in [4.78, 5) is 66.0. The monoisotopic (exact) mass is 675 g/mol. The largest absolute Gasteiger partial charge is 0.454 e. The number of methoxy groups -OCH3 is 1. The van der Waals surface area contributed by atoms with Crippen LogP contribution in [0.3, 0.4) is 0 Å². The van der Waals surface area contributed by atoms with Crippen LogP contribution in [-0.4, -0.2) is 92.5 Å². The molecule has 0 aliphatic carbocycles. The maximum absolute atomic E-state index is 13.7. The van der Waals surface area contributed by atoms with Gasteiger partial charge in [-0.3, -0.25) is 24.5 Å². The highest BCUT2D eigenvalue weighted by atomic mass is 16.7. The summed E-state index contributed by atoms with van der Waals surface area (Å²) < 4.78 is 28.8. The van der Waals surface area contributed by atoms with Crippen LogP contribution in [-0.2, 0) is 42.9 Å². The van der Waals surface area contributed by atoms with E-state index < -0.39 is 67.2 Å². The molecule has 0 spiro atoms. The van der Waals surface area contributed by atoms with Crippen molar-refractivity contribution in [2.45, 2.75) is 95.9 Å². The van der Waals surface area contributed by atoms with Crippen molar-refractivity contribution in [3.05, 3.63) is 42.5 Å². The Bertz CT molecular complexity index is 1230. The van der Waals surface area contributed by atoms with Crippen LogP contribution >= 0.6 is 0 Å². The second-order valence-corrected chi connectivity index (χ2v) is 11.8. The molecule has 48 heavy (non-hydrogen) atoms. The number of carbonyl (C=O) groups is 5. The first-order valence-corrected chi connectivity index (χ1v) is 16.6. The lowest BCUT2D eigenvalue weighted by atomic mass is 9.94. The number of aliphatic hydroxyl groups is 1. The summed E-state index contributed by atoms with van der Waals surface area (Å²) in [5.41, 5.74) is 0.411. The molecule has 2 heterocycles. The molecule has 1 aromatic rings. The molecule has 1 fully saturated rings. The fraction of sp³-hybridized carbons (Fsp3) is 0.618. The number of rotatable bonds is 14. The van der Waals surface area contributed by atoms with Crippen molar-refractivity contribution < 1.29 is 52.8 Å². The summed E-state index contributed by atoms with van der Waals surface area (Å²) in [6.45, 7) is 4.22. The number of fused-ring (bicyclic) bond motifs is 1. The van der Waals surface area contributed by atoms with E-state index in [-0.39, 0.29) is 37.5 Å². The van der Waals surface area contributed by atoms with Crippen LogP contribution in [0.4, 0.5) is 10.5 Å². The van der Waals surface area contributed by atoms with E-state index in [9.17, 15) is 29.1 Å². The number of hydrogen-bond acceptors (Lipinski definition) is 11. The highest BCUT2D eigenvalue weighted by molar-refractivity contribution is 5.85. The third-order valence-corrected chi connectivity index (χ3v) is 8.01. The quantitative estimate of drug-likeness (QED) is 0.0983. The molecule has 1 aromatic carbocycles. The highest BCUT2D eigenvalue weighted by Gasteiger charge is 2.53. The van der Waals surface area contributed by atoms with Crippen molar-refractivity contribution in [2.24, 2.45) is 11.8 Å². The Hall–Kier alpha value is -4.01. The normalized spacial score (nSPS) is 26.0. The summed E-state index contributed by atoms with van der Waals surface area (Å²) in [6, 6.07) is 8.43. The van der Waals surface area contributed by atoms with Gasteiger partial charge in [-0.2, -0.15) is 0 Å². The summed E-state index contributed by atoms with van der Waals surface area (Å²) in [6.07, 6.45) is -1.55. The maximum Gasteiger partial charge on any atom is 0.412 e. The van der Waals surface area contributed by atoms with E-state index in [1.54, 1.807) is 42.5 Å². The Morgan fingerprint density at radius 2 is 1.40 bits per heavy atom. The van der Waals surface area contributed by atoms with Gasteiger partial charge in [-0.1, -0.05) is 57.0 Å². The van der Waals surface area contributed by atoms with E-state index in [4.69, 9.17) is 23.7 Å². The minimum Gasteiger partial charge on any atom is -0.454 e. The molecular formula is C34H49N3O11. The van der Waals surface area contributed by atoms with Gasteiger partial charge in [0.25, 0.3) is 0 Å². The van der Waals surface area contributed by atoms with Gasteiger partial charge in [-0.05, 0) is 37.8 Å². The number of hydrogen-bond donors (Lipinski definition) is 4. The zero-order valence-electron chi connectivity index (χ0n) is 27.9. The number of allylic oxidation sites excluding steroid dienone is 2. The number of carbonyl (C=O) groups excluding carboxylic acids is 5. The Labute approximate surface area is 281 Å². The molecule has 0 saturated carbocycles. The van der Waals surface area contributed by atoms with E-state index in [0.29, 0.717) is 18.8 Å². The van der Waals surface area contributed by atoms with Crippen LogP contribution in [0.15, 0.2) is 42.5 Å². The molecule has 1 saturated heterocycles. The molecule has 2 aliphatic rings. The number of anilines is 1. The second-order valence-electron chi connectivity index (χ2n) is 11.8. The van der Waals surface area contributed by atoms with Crippen LogP contribution in [0.1, 0.15) is 65.2 Å². The van der Waals surface area contributed by atoms with Gasteiger partial charge in [0, 0.05) is 38.7 Å². The van der Waals surface area contributed by atoms with Crippen LogP contribution in [0.25, 0.3) is 0 Å². The highest BCUT2D eigenvalue weighted by Crippen LogP contribution is 2.32. The molecule has 0 aromatic heterocycles. The third kappa shape index (κ3) is 11.9. The molecule has 0 radical (unpaired) electrons. The van der Waals surface area contributed by atoms with Gasteiger partial charge in [0.1, 0.15) is 6.10 Å². The third-order valence-electron chi connectivity index (χ3n) is 8.01. The summed E-state index contributed by atoms with van der Waals surface area (Å²) in [5.74, 6) is -4.16. The lowest BCUT2D eigenvalue weighted by Gasteiger charge is -2.44. The molecule has 14 heteroatoms.